The Kier molecular flexibility index (Phi) is 5.67. The number of rotatable bonds is 7. The molecule has 1 heterocycles. The van der Waals surface area contributed by atoms with E-state index < -0.39 is 9.84 Å². The van der Waals surface area contributed by atoms with Crippen molar-refractivity contribution in [3.63, 3.8) is 0 Å². The molecule has 1 aromatic heterocycles. The van der Waals surface area contributed by atoms with Gasteiger partial charge in [-0.15, -0.1) is 10.2 Å². The normalized spacial score (nSPS) is 11.4. The van der Waals surface area contributed by atoms with E-state index in [9.17, 15) is 13.2 Å². The van der Waals surface area contributed by atoms with Gasteiger partial charge in [0, 0.05) is 6.54 Å². The number of amides is 1. The highest BCUT2D eigenvalue weighted by atomic mass is 32.2. The summed E-state index contributed by atoms with van der Waals surface area (Å²) in [6.07, 6.45) is 2.42. The second-order valence-electron chi connectivity index (χ2n) is 3.76. The maximum Gasteiger partial charge on any atom is 0.282 e. The number of nitrogens with one attached hydrogen (secondary N) is 1. The number of carbonyl (C=O) groups is 1. The molecule has 1 rings (SSSR count). The Bertz CT molecular complexity index is 496. The highest BCUT2D eigenvalue weighted by Gasteiger charge is 2.22. The van der Waals surface area contributed by atoms with E-state index in [1.165, 1.54) is 0 Å². The van der Waals surface area contributed by atoms with Crippen molar-refractivity contribution in [2.75, 3.05) is 12.3 Å². The first-order chi connectivity index (χ1) is 8.51. The van der Waals surface area contributed by atoms with Crippen LogP contribution in [-0.4, -0.2) is 36.8 Å². The first-order valence-electron chi connectivity index (χ1n) is 5.85. The standard InChI is InChI=1S/C10H17N3O3S2/c1-3-5-6-7-18(15,16)10-13-12-9(17-10)8(14)11-4-2/h3-7H2,1-2H3,(H,11,14). The molecule has 0 aromatic carbocycles. The highest BCUT2D eigenvalue weighted by molar-refractivity contribution is 7.93. The maximum atomic E-state index is 11.9. The Balaban J connectivity index is 2.75. The van der Waals surface area contributed by atoms with Gasteiger partial charge in [0.2, 0.25) is 19.2 Å². The molecule has 18 heavy (non-hydrogen) atoms. The van der Waals surface area contributed by atoms with E-state index in [4.69, 9.17) is 0 Å². The van der Waals surface area contributed by atoms with Crippen molar-refractivity contribution in [2.45, 2.75) is 37.4 Å². The molecule has 0 aliphatic carbocycles. The number of sulfone groups is 1. The number of hydrogen-bond acceptors (Lipinski definition) is 6. The second-order valence-corrected chi connectivity index (χ2v) is 7.02. The summed E-state index contributed by atoms with van der Waals surface area (Å²) < 4.78 is 23.7. The molecule has 1 N–H and O–H groups in total. The number of aromatic nitrogens is 2. The number of carbonyl (C=O) groups excluding carboxylic acids is 1. The number of nitrogens with zero attached hydrogens (tertiary/aromatic N) is 2. The lowest BCUT2D eigenvalue weighted by molar-refractivity contribution is 0.0954. The van der Waals surface area contributed by atoms with Gasteiger partial charge in [0.25, 0.3) is 5.91 Å². The predicted octanol–water partition coefficient (Wildman–Crippen LogP) is 1.25. The lowest BCUT2D eigenvalue weighted by Gasteiger charge is -1.98. The Morgan fingerprint density at radius 3 is 2.61 bits per heavy atom. The summed E-state index contributed by atoms with van der Waals surface area (Å²) in [7, 11) is -3.40. The molecule has 0 unspecified atom stereocenters. The molecule has 1 amide bonds. The molecule has 0 saturated heterocycles. The van der Waals surface area contributed by atoms with Crippen LogP contribution in [0.15, 0.2) is 4.34 Å². The van der Waals surface area contributed by atoms with Crippen LogP contribution in [0.3, 0.4) is 0 Å². The molecule has 0 atom stereocenters. The van der Waals surface area contributed by atoms with E-state index in [-0.39, 0.29) is 21.0 Å². The van der Waals surface area contributed by atoms with Crippen molar-refractivity contribution in [2.24, 2.45) is 0 Å². The summed E-state index contributed by atoms with van der Waals surface area (Å²) in [5.41, 5.74) is 0. The van der Waals surface area contributed by atoms with Gasteiger partial charge < -0.3 is 5.32 Å². The smallest absolute Gasteiger partial charge is 0.282 e. The molecular weight excluding hydrogens is 274 g/mol. The largest absolute Gasteiger partial charge is 0.350 e. The summed E-state index contributed by atoms with van der Waals surface area (Å²) in [5.74, 6) is -0.324. The van der Waals surface area contributed by atoms with Gasteiger partial charge in [-0.3, -0.25) is 4.79 Å². The van der Waals surface area contributed by atoms with Crippen molar-refractivity contribution in [3.8, 4) is 0 Å². The zero-order valence-electron chi connectivity index (χ0n) is 10.5. The summed E-state index contributed by atoms with van der Waals surface area (Å²) in [6.45, 7) is 4.25. The molecule has 0 aliphatic heterocycles. The van der Waals surface area contributed by atoms with E-state index in [1.807, 2.05) is 6.92 Å². The van der Waals surface area contributed by atoms with Gasteiger partial charge >= 0.3 is 0 Å². The monoisotopic (exact) mass is 291 g/mol. The summed E-state index contributed by atoms with van der Waals surface area (Å²) in [6, 6.07) is 0. The molecule has 0 saturated carbocycles. The number of unbranched alkanes of at least 4 members (excludes halogenated alkanes) is 2. The van der Waals surface area contributed by atoms with Crippen molar-refractivity contribution >= 4 is 27.1 Å². The quantitative estimate of drug-likeness (QED) is 0.764. The third-order valence-electron chi connectivity index (χ3n) is 2.22. The zero-order valence-corrected chi connectivity index (χ0v) is 12.1. The average molecular weight is 291 g/mol. The lowest BCUT2D eigenvalue weighted by Crippen LogP contribution is -2.22. The van der Waals surface area contributed by atoms with Crippen LogP contribution in [0.4, 0.5) is 0 Å². The topological polar surface area (TPSA) is 89.0 Å². The fourth-order valence-electron chi connectivity index (χ4n) is 1.29. The van der Waals surface area contributed by atoms with Crippen molar-refractivity contribution < 1.29 is 13.2 Å². The molecule has 0 radical (unpaired) electrons. The minimum absolute atomic E-state index is 0.0604. The van der Waals surface area contributed by atoms with Crippen molar-refractivity contribution in [1.29, 1.82) is 0 Å². The van der Waals surface area contributed by atoms with Crippen LogP contribution in [-0.2, 0) is 9.84 Å². The van der Waals surface area contributed by atoms with E-state index in [2.05, 4.69) is 15.5 Å². The SMILES string of the molecule is CCCCCS(=O)(=O)c1nnc(C(=O)NCC)s1. The fraction of sp³-hybridized carbons (Fsp3) is 0.700. The van der Waals surface area contributed by atoms with Gasteiger partial charge in [0.15, 0.2) is 0 Å². The second kappa shape index (κ2) is 6.79. The minimum Gasteiger partial charge on any atom is -0.350 e. The molecule has 0 spiro atoms. The molecule has 0 aliphatic rings. The van der Waals surface area contributed by atoms with Crippen LogP contribution >= 0.6 is 11.3 Å². The van der Waals surface area contributed by atoms with Crippen molar-refractivity contribution in [1.82, 2.24) is 15.5 Å². The molecule has 8 heteroatoms. The predicted molar refractivity (Wildman–Crippen MR) is 69.5 cm³/mol. The van der Waals surface area contributed by atoms with Crippen molar-refractivity contribution in [3.05, 3.63) is 5.01 Å². The molecule has 0 bridgehead atoms. The van der Waals surface area contributed by atoms with Crippen LogP contribution in [0, 0.1) is 0 Å². The van der Waals surface area contributed by atoms with Crippen LogP contribution in [0.5, 0.6) is 0 Å². The van der Waals surface area contributed by atoms with Gasteiger partial charge in [-0.1, -0.05) is 31.1 Å². The molecular formula is C10H17N3O3S2. The van der Waals surface area contributed by atoms with Gasteiger partial charge in [0.1, 0.15) is 0 Å². The van der Waals surface area contributed by atoms with E-state index in [1.54, 1.807) is 6.92 Å². The number of hydrogen-bond donors (Lipinski definition) is 1. The summed E-state index contributed by atoms with van der Waals surface area (Å²) in [5, 5.41) is 9.84. The summed E-state index contributed by atoms with van der Waals surface area (Å²) in [4.78, 5) is 11.4. The Morgan fingerprint density at radius 2 is 2.00 bits per heavy atom. The van der Waals surface area contributed by atoms with Crippen LogP contribution < -0.4 is 5.32 Å². The Morgan fingerprint density at radius 1 is 1.28 bits per heavy atom. The van der Waals surface area contributed by atoms with E-state index in [0.29, 0.717) is 13.0 Å². The fourth-order valence-corrected chi connectivity index (χ4v) is 3.71. The molecule has 102 valence electrons. The van der Waals surface area contributed by atoms with Crippen LogP contribution in [0.1, 0.15) is 42.9 Å². The van der Waals surface area contributed by atoms with Gasteiger partial charge in [0.05, 0.1) is 5.75 Å². The van der Waals surface area contributed by atoms with Gasteiger partial charge in [-0.2, -0.15) is 0 Å². The van der Waals surface area contributed by atoms with E-state index in [0.717, 1.165) is 24.2 Å². The third-order valence-corrected chi connectivity index (χ3v) is 5.39. The maximum absolute atomic E-state index is 11.9. The average Bonchev–Trinajstić information content (AvgIpc) is 2.79. The van der Waals surface area contributed by atoms with E-state index >= 15 is 0 Å². The third kappa shape index (κ3) is 4.02. The van der Waals surface area contributed by atoms with Crippen LogP contribution in [0.2, 0.25) is 0 Å². The molecule has 6 nitrogen and oxygen atoms in total. The first-order valence-corrected chi connectivity index (χ1v) is 8.32. The first kappa shape index (κ1) is 15.0. The molecule has 0 fully saturated rings. The minimum atomic E-state index is -3.40. The van der Waals surface area contributed by atoms with Gasteiger partial charge in [-0.25, -0.2) is 8.42 Å². The highest BCUT2D eigenvalue weighted by Crippen LogP contribution is 2.18. The van der Waals surface area contributed by atoms with Crippen LogP contribution in [0.25, 0.3) is 0 Å². The molecule has 1 aromatic rings. The lowest BCUT2D eigenvalue weighted by atomic mass is 10.3. The Hall–Kier alpha value is -1.02. The summed E-state index contributed by atoms with van der Waals surface area (Å²) >= 11 is 0.824. The Labute approximate surface area is 111 Å². The van der Waals surface area contributed by atoms with Gasteiger partial charge in [-0.05, 0) is 13.3 Å². The zero-order chi connectivity index (χ0) is 13.6.